The zero-order valence-electron chi connectivity index (χ0n) is 18.4. The number of carbonyl (C=O) groups excluding carboxylic acids is 1. The molecule has 1 spiro atoms. The Labute approximate surface area is 184 Å². The van der Waals surface area contributed by atoms with Gasteiger partial charge in [-0.05, 0) is 68.5 Å². The van der Waals surface area contributed by atoms with Gasteiger partial charge in [0.05, 0.1) is 0 Å². The van der Waals surface area contributed by atoms with E-state index in [1.807, 2.05) is 35.2 Å². The van der Waals surface area contributed by atoms with E-state index in [9.17, 15) is 9.59 Å². The topological polar surface area (TPSA) is 73.3 Å². The molecule has 1 aromatic rings. The van der Waals surface area contributed by atoms with Crippen LogP contribution in [0.1, 0.15) is 44.1 Å². The molecule has 170 valence electrons. The number of hydrogen-bond donors (Lipinski definition) is 1. The van der Waals surface area contributed by atoms with Gasteiger partial charge in [0.15, 0.2) is 0 Å². The van der Waals surface area contributed by atoms with Gasteiger partial charge in [-0.25, -0.2) is 9.59 Å². The lowest BCUT2D eigenvalue weighted by Crippen LogP contribution is -2.49. The highest BCUT2D eigenvalue weighted by molar-refractivity contribution is 5.67. The number of rotatable bonds is 4. The third-order valence-electron chi connectivity index (χ3n) is 7.61. The molecule has 2 amide bonds. The van der Waals surface area contributed by atoms with E-state index < -0.39 is 6.09 Å². The SMILES string of the molecule is O=C(O)N1CCC2(CCN(CC3CCN(C(=O)OCc4ccccc4)CC3)CC2)CC1. The van der Waals surface area contributed by atoms with Crippen molar-refractivity contribution in [3.63, 3.8) is 0 Å². The molecule has 0 atom stereocenters. The predicted molar refractivity (Wildman–Crippen MR) is 118 cm³/mol. The van der Waals surface area contributed by atoms with Crippen LogP contribution in [-0.4, -0.2) is 77.8 Å². The van der Waals surface area contributed by atoms with Gasteiger partial charge in [-0.3, -0.25) is 0 Å². The molecule has 0 unspecified atom stereocenters. The van der Waals surface area contributed by atoms with Crippen LogP contribution in [0.25, 0.3) is 0 Å². The number of nitrogens with zero attached hydrogens (tertiary/aromatic N) is 3. The summed E-state index contributed by atoms with van der Waals surface area (Å²) in [6.45, 7) is 6.62. The van der Waals surface area contributed by atoms with Crippen LogP contribution in [0.4, 0.5) is 9.59 Å². The van der Waals surface area contributed by atoms with Gasteiger partial charge < -0.3 is 24.5 Å². The summed E-state index contributed by atoms with van der Waals surface area (Å²) in [7, 11) is 0. The first-order valence-electron chi connectivity index (χ1n) is 11.7. The van der Waals surface area contributed by atoms with E-state index in [-0.39, 0.29) is 6.09 Å². The lowest BCUT2D eigenvalue weighted by molar-refractivity contribution is 0.0264. The highest BCUT2D eigenvalue weighted by atomic mass is 16.6. The number of carboxylic acid groups (broad SMARTS) is 1. The number of ether oxygens (including phenoxy) is 1. The molecule has 1 N–H and O–H groups in total. The van der Waals surface area contributed by atoms with Crippen molar-refractivity contribution in [2.45, 2.75) is 45.1 Å². The Bertz CT molecular complexity index is 730. The zero-order valence-corrected chi connectivity index (χ0v) is 18.4. The van der Waals surface area contributed by atoms with Gasteiger partial charge in [0.2, 0.25) is 0 Å². The monoisotopic (exact) mass is 429 g/mol. The molecule has 31 heavy (non-hydrogen) atoms. The van der Waals surface area contributed by atoms with Crippen LogP contribution in [0.2, 0.25) is 0 Å². The summed E-state index contributed by atoms with van der Waals surface area (Å²) in [6.07, 6.45) is 5.49. The molecule has 3 saturated heterocycles. The lowest BCUT2D eigenvalue weighted by Gasteiger charge is -2.47. The molecule has 4 rings (SSSR count). The number of likely N-dealkylation sites (tertiary alicyclic amines) is 3. The second-order valence-corrected chi connectivity index (χ2v) is 9.54. The van der Waals surface area contributed by atoms with Gasteiger partial charge in [-0.2, -0.15) is 0 Å². The molecule has 3 aliphatic heterocycles. The zero-order chi connectivity index (χ0) is 21.7. The van der Waals surface area contributed by atoms with E-state index in [0.29, 0.717) is 31.0 Å². The maximum atomic E-state index is 12.4. The third kappa shape index (κ3) is 5.70. The third-order valence-corrected chi connectivity index (χ3v) is 7.61. The maximum Gasteiger partial charge on any atom is 0.410 e. The Morgan fingerprint density at radius 2 is 1.52 bits per heavy atom. The smallest absolute Gasteiger partial charge is 0.410 e. The van der Waals surface area contributed by atoms with E-state index in [1.165, 1.54) is 12.8 Å². The minimum atomic E-state index is -0.775. The first-order valence-corrected chi connectivity index (χ1v) is 11.7. The summed E-state index contributed by atoms with van der Waals surface area (Å²) in [5.74, 6) is 0.640. The molecule has 1 aromatic carbocycles. The highest BCUT2D eigenvalue weighted by Crippen LogP contribution is 2.41. The van der Waals surface area contributed by atoms with E-state index in [4.69, 9.17) is 9.84 Å². The number of carbonyl (C=O) groups is 2. The Hall–Kier alpha value is -2.28. The fraction of sp³-hybridized carbons (Fsp3) is 0.667. The largest absolute Gasteiger partial charge is 0.465 e. The van der Waals surface area contributed by atoms with E-state index in [1.54, 1.807) is 4.90 Å². The summed E-state index contributed by atoms with van der Waals surface area (Å²) in [4.78, 5) is 29.5. The maximum absolute atomic E-state index is 12.4. The van der Waals surface area contributed by atoms with Crippen LogP contribution < -0.4 is 0 Å². The predicted octanol–water partition coefficient (Wildman–Crippen LogP) is 3.89. The van der Waals surface area contributed by atoms with Crippen molar-refractivity contribution in [3.8, 4) is 0 Å². The van der Waals surface area contributed by atoms with Crippen LogP contribution in [0.15, 0.2) is 30.3 Å². The van der Waals surface area contributed by atoms with Gasteiger partial charge in [0.1, 0.15) is 6.61 Å². The Kier molecular flexibility index (Phi) is 7.00. The van der Waals surface area contributed by atoms with Crippen molar-refractivity contribution in [3.05, 3.63) is 35.9 Å². The number of benzene rings is 1. The van der Waals surface area contributed by atoms with Crippen molar-refractivity contribution in [1.82, 2.24) is 14.7 Å². The van der Waals surface area contributed by atoms with Crippen LogP contribution in [-0.2, 0) is 11.3 Å². The molecule has 7 nitrogen and oxygen atoms in total. The molecule has 3 heterocycles. The van der Waals surface area contributed by atoms with Crippen molar-refractivity contribution in [1.29, 1.82) is 0 Å². The number of piperidine rings is 3. The average Bonchev–Trinajstić information content (AvgIpc) is 2.81. The van der Waals surface area contributed by atoms with E-state index in [2.05, 4.69) is 4.90 Å². The van der Waals surface area contributed by atoms with Gasteiger partial charge >= 0.3 is 12.2 Å². The lowest BCUT2D eigenvalue weighted by atomic mass is 9.71. The second kappa shape index (κ2) is 9.90. The molecule has 7 heteroatoms. The molecule has 0 aromatic heterocycles. The molecule has 3 aliphatic rings. The first-order chi connectivity index (χ1) is 15.0. The molecule has 0 saturated carbocycles. The summed E-state index contributed by atoms with van der Waals surface area (Å²) in [5, 5.41) is 9.17. The molecular formula is C24H35N3O4. The van der Waals surface area contributed by atoms with Crippen LogP contribution in [0.5, 0.6) is 0 Å². The minimum Gasteiger partial charge on any atom is -0.465 e. The van der Waals surface area contributed by atoms with Gasteiger partial charge in [-0.1, -0.05) is 30.3 Å². The Morgan fingerprint density at radius 3 is 2.13 bits per heavy atom. The molecular weight excluding hydrogens is 394 g/mol. The van der Waals surface area contributed by atoms with E-state index >= 15 is 0 Å². The minimum absolute atomic E-state index is 0.199. The number of hydrogen-bond acceptors (Lipinski definition) is 4. The van der Waals surface area contributed by atoms with Crippen molar-refractivity contribution in [2.24, 2.45) is 11.3 Å². The Balaban J connectivity index is 1.14. The number of amides is 2. The highest BCUT2D eigenvalue weighted by Gasteiger charge is 2.39. The molecule has 0 radical (unpaired) electrons. The molecule has 3 fully saturated rings. The van der Waals surface area contributed by atoms with Crippen LogP contribution in [0, 0.1) is 11.3 Å². The van der Waals surface area contributed by atoms with Crippen molar-refractivity contribution < 1.29 is 19.4 Å². The van der Waals surface area contributed by atoms with Crippen molar-refractivity contribution in [2.75, 3.05) is 45.8 Å². The fourth-order valence-electron chi connectivity index (χ4n) is 5.36. The van der Waals surface area contributed by atoms with E-state index in [0.717, 1.165) is 64.0 Å². The summed E-state index contributed by atoms with van der Waals surface area (Å²) >= 11 is 0. The Morgan fingerprint density at radius 1 is 0.903 bits per heavy atom. The van der Waals surface area contributed by atoms with Crippen LogP contribution in [0.3, 0.4) is 0 Å². The second-order valence-electron chi connectivity index (χ2n) is 9.54. The van der Waals surface area contributed by atoms with Gasteiger partial charge in [0, 0.05) is 32.7 Å². The quantitative estimate of drug-likeness (QED) is 0.786. The van der Waals surface area contributed by atoms with Gasteiger partial charge in [0.25, 0.3) is 0 Å². The molecule has 0 bridgehead atoms. The normalized spacial score (nSPS) is 22.5. The van der Waals surface area contributed by atoms with Crippen molar-refractivity contribution >= 4 is 12.2 Å². The first kappa shape index (κ1) is 21.9. The van der Waals surface area contributed by atoms with Crippen LogP contribution >= 0.6 is 0 Å². The summed E-state index contributed by atoms with van der Waals surface area (Å²) < 4.78 is 5.48. The van der Waals surface area contributed by atoms with Gasteiger partial charge in [-0.15, -0.1) is 0 Å². The molecule has 0 aliphatic carbocycles. The standard InChI is InChI=1S/C24H35N3O4/c28-22(29)26-16-10-24(11-17-26)8-14-25(15-9-24)18-20-6-12-27(13-7-20)23(30)31-19-21-4-2-1-3-5-21/h1-5,20H,6-19H2,(H,28,29). The summed E-state index contributed by atoms with van der Waals surface area (Å²) in [5.41, 5.74) is 1.37. The summed E-state index contributed by atoms with van der Waals surface area (Å²) in [6, 6.07) is 9.81. The average molecular weight is 430 g/mol. The fourth-order valence-corrected chi connectivity index (χ4v) is 5.36.